The highest BCUT2D eigenvalue weighted by molar-refractivity contribution is 5.93. The average molecular weight is 430 g/mol. The summed E-state index contributed by atoms with van der Waals surface area (Å²) in [6, 6.07) is 11.7. The Hall–Kier alpha value is -2.73. The molecule has 32 heavy (non-hydrogen) atoms. The molecule has 3 heterocycles. The normalized spacial score (nSPS) is 28.3. The lowest BCUT2D eigenvalue weighted by Crippen LogP contribution is -2.51. The van der Waals surface area contributed by atoms with E-state index in [1.165, 1.54) is 38.5 Å². The van der Waals surface area contributed by atoms with Gasteiger partial charge in [0.1, 0.15) is 11.3 Å². The minimum Gasteiger partial charge on any atom is -0.350 e. The Morgan fingerprint density at radius 1 is 0.969 bits per heavy atom. The molecule has 0 spiro atoms. The SMILES string of the molecule is O=C(NCC12CC3CC(CC(C3)C1)C2)c1cccc2nc(CNCc3ccccn3)cn12. The average Bonchev–Trinajstić information content (AvgIpc) is 3.20. The molecule has 6 heteroatoms. The van der Waals surface area contributed by atoms with E-state index < -0.39 is 0 Å². The van der Waals surface area contributed by atoms with Gasteiger partial charge in [-0.1, -0.05) is 12.1 Å². The van der Waals surface area contributed by atoms with Crippen molar-refractivity contribution in [2.24, 2.45) is 23.2 Å². The predicted octanol–water partition coefficient (Wildman–Crippen LogP) is 3.97. The number of nitrogens with one attached hydrogen (secondary N) is 2. The van der Waals surface area contributed by atoms with Gasteiger partial charge in [0, 0.05) is 32.0 Å². The van der Waals surface area contributed by atoms with Crippen LogP contribution in [0.5, 0.6) is 0 Å². The molecule has 166 valence electrons. The van der Waals surface area contributed by atoms with Gasteiger partial charge in [0.25, 0.3) is 5.91 Å². The third kappa shape index (κ3) is 3.81. The van der Waals surface area contributed by atoms with Gasteiger partial charge in [-0.2, -0.15) is 0 Å². The van der Waals surface area contributed by atoms with Crippen molar-refractivity contribution in [3.8, 4) is 0 Å². The third-order valence-electron chi connectivity index (χ3n) is 7.90. The van der Waals surface area contributed by atoms with Crippen molar-refractivity contribution in [1.82, 2.24) is 25.0 Å². The monoisotopic (exact) mass is 429 g/mol. The maximum Gasteiger partial charge on any atom is 0.268 e. The van der Waals surface area contributed by atoms with E-state index in [4.69, 9.17) is 4.98 Å². The van der Waals surface area contributed by atoms with E-state index in [0.717, 1.165) is 41.3 Å². The number of nitrogens with zero attached hydrogens (tertiary/aromatic N) is 3. The topological polar surface area (TPSA) is 71.3 Å². The molecule has 0 radical (unpaired) electrons. The fourth-order valence-corrected chi connectivity index (χ4v) is 7.02. The second-order valence-electron chi connectivity index (χ2n) is 10.4. The van der Waals surface area contributed by atoms with Crippen LogP contribution in [-0.2, 0) is 13.1 Å². The fourth-order valence-electron chi connectivity index (χ4n) is 7.02. The number of hydrogen-bond donors (Lipinski definition) is 2. The third-order valence-corrected chi connectivity index (χ3v) is 7.90. The van der Waals surface area contributed by atoms with Gasteiger partial charge in [-0.25, -0.2) is 4.98 Å². The Kier molecular flexibility index (Phi) is 4.98. The van der Waals surface area contributed by atoms with Gasteiger partial charge in [0.15, 0.2) is 0 Å². The molecule has 0 saturated heterocycles. The Morgan fingerprint density at radius 2 is 1.72 bits per heavy atom. The lowest BCUT2D eigenvalue weighted by atomic mass is 9.49. The van der Waals surface area contributed by atoms with Gasteiger partial charge in [-0.3, -0.25) is 14.2 Å². The van der Waals surface area contributed by atoms with Gasteiger partial charge >= 0.3 is 0 Å². The lowest BCUT2D eigenvalue weighted by Gasteiger charge is -2.56. The van der Waals surface area contributed by atoms with Gasteiger partial charge in [-0.05, 0) is 86.0 Å². The lowest BCUT2D eigenvalue weighted by molar-refractivity contribution is -0.0503. The molecule has 4 aliphatic carbocycles. The number of aromatic nitrogens is 3. The summed E-state index contributed by atoms with van der Waals surface area (Å²) in [5.74, 6) is 2.71. The summed E-state index contributed by atoms with van der Waals surface area (Å²) in [6.07, 6.45) is 12.0. The van der Waals surface area contributed by atoms with Crippen LogP contribution in [0.1, 0.15) is 60.4 Å². The maximum atomic E-state index is 13.2. The minimum atomic E-state index is 0.0109. The highest BCUT2D eigenvalue weighted by Crippen LogP contribution is 2.59. The molecular formula is C26H31N5O. The number of rotatable bonds is 7. The molecule has 6 nitrogen and oxygen atoms in total. The first-order chi connectivity index (χ1) is 15.7. The number of carbonyl (C=O) groups is 1. The summed E-state index contributed by atoms with van der Waals surface area (Å²) in [5, 5.41) is 6.70. The summed E-state index contributed by atoms with van der Waals surface area (Å²) >= 11 is 0. The first kappa shape index (κ1) is 19.9. The molecule has 1 amide bonds. The molecule has 4 bridgehead atoms. The van der Waals surface area contributed by atoms with Crippen molar-refractivity contribution >= 4 is 11.6 Å². The van der Waals surface area contributed by atoms with E-state index in [9.17, 15) is 4.79 Å². The summed E-state index contributed by atoms with van der Waals surface area (Å²) in [5.41, 5.74) is 3.73. The number of fused-ring (bicyclic) bond motifs is 1. The highest BCUT2D eigenvalue weighted by Gasteiger charge is 2.50. The van der Waals surface area contributed by atoms with E-state index in [1.54, 1.807) is 6.20 Å². The van der Waals surface area contributed by atoms with Crippen LogP contribution in [0.25, 0.3) is 5.65 Å². The van der Waals surface area contributed by atoms with Crippen LogP contribution in [0.3, 0.4) is 0 Å². The second kappa shape index (κ2) is 8.00. The first-order valence-electron chi connectivity index (χ1n) is 12.0. The molecule has 2 N–H and O–H groups in total. The minimum absolute atomic E-state index is 0.0109. The smallest absolute Gasteiger partial charge is 0.268 e. The summed E-state index contributed by atoms with van der Waals surface area (Å²) < 4.78 is 1.92. The Morgan fingerprint density at radius 3 is 2.44 bits per heavy atom. The van der Waals surface area contributed by atoms with Crippen LogP contribution < -0.4 is 10.6 Å². The van der Waals surface area contributed by atoms with Gasteiger partial charge < -0.3 is 10.6 Å². The zero-order chi connectivity index (χ0) is 21.5. The number of carbonyl (C=O) groups excluding carboxylic acids is 1. The zero-order valence-corrected chi connectivity index (χ0v) is 18.5. The number of amides is 1. The van der Waals surface area contributed by atoms with Crippen molar-refractivity contribution in [2.45, 2.75) is 51.6 Å². The molecule has 4 saturated carbocycles. The molecule has 0 aromatic carbocycles. The number of imidazole rings is 1. The zero-order valence-electron chi connectivity index (χ0n) is 18.5. The van der Waals surface area contributed by atoms with Crippen molar-refractivity contribution in [3.63, 3.8) is 0 Å². The molecule has 3 aromatic heterocycles. The first-order valence-corrected chi connectivity index (χ1v) is 12.0. The van der Waals surface area contributed by atoms with Crippen LogP contribution >= 0.6 is 0 Å². The van der Waals surface area contributed by atoms with Gasteiger partial charge in [0.05, 0.1) is 11.4 Å². The van der Waals surface area contributed by atoms with E-state index in [2.05, 4.69) is 15.6 Å². The van der Waals surface area contributed by atoms with Crippen LogP contribution in [0, 0.1) is 23.2 Å². The highest BCUT2D eigenvalue weighted by atomic mass is 16.1. The molecule has 3 aromatic rings. The van der Waals surface area contributed by atoms with E-state index in [1.807, 2.05) is 47.0 Å². The molecule has 4 aliphatic rings. The maximum absolute atomic E-state index is 13.2. The van der Waals surface area contributed by atoms with Crippen LogP contribution in [-0.4, -0.2) is 26.8 Å². The molecule has 0 unspecified atom stereocenters. The van der Waals surface area contributed by atoms with Crippen LogP contribution in [0.15, 0.2) is 48.8 Å². The fraction of sp³-hybridized carbons (Fsp3) is 0.500. The molecule has 7 rings (SSSR count). The van der Waals surface area contributed by atoms with Crippen molar-refractivity contribution < 1.29 is 4.79 Å². The van der Waals surface area contributed by atoms with Crippen molar-refractivity contribution in [3.05, 3.63) is 65.9 Å². The summed E-state index contributed by atoms with van der Waals surface area (Å²) in [6.45, 7) is 2.14. The number of hydrogen-bond acceptors (Lipinski definition) is 4. The summed E-state index contributed by atoms with van der Waals surface area (Å²) in [7, 11) is 0. The number of pyridine rings is 2. The van der Waals surface area contributed by atoms with Crippen LogP contribution in [0.2, 0.25) is 0 Å². The van der Waals surface area contributed by atoms with Crippen molar-refractivity contribution in [1.29, 1.82) is 0 Å². The Bertz CT molecular complexity index is 1090. The predicted molar refractivity (Wildman–Crippen MR) is 123 cm³/mol. The van der Waals surface area contributed by atoms with E-state index in [0.29, 0.717) is 24.2 Å². The molecular weight excluding hydrogens is 398 g/mol. The standard InChI is InChI=1S/C26H31N5O/c32-25(29-17-26-11-18-8-19(12-26)10-20(9-18)13-26)23-5-3-6-24-30-22(16-31(23)24)15-27-14-21-4-1-2-7-28-21/h1-7,16,18-20,27H,8-15,17H2,(H,29,32). The van der Waals surface area contributed by atoms with Crippen molar-refractivity contribution in [2.75, 3.05) is 6.54 Å². The molecule has 0 aliphatic heterocycles. The summed E-state index contributed by atoms with van der Waals surface area (Å²) in [4.78, 5) is 22.2. The van der Waals surface area contributed by atoms with E-state index in [-0.39, 0.29) is 5.91 Å². The molecule has 4 fully saturated rings. The van der Waals surface area contributed by atoms with E-state index >= 15 is 0 Å². The molecule has 0 atom stereocenters. The van der Waals surface area contributed by atoms with Crippen LogP contribution in [0.4, 0.5) is 0 Å². The quantitative estimate of drug-likeness (QED) is 0.596. The van der Waals surface area contributed by atoms with Gasteiger partial charge in [-0.15, -0.1) is 0 Å². The van der Waals surface area contributed by atoms with Gasteiger partial charge in [0.2, 0.25) is 0 Å². The Balaban J connectivity index is 1.12. The largest absolute Gasteiger partial charge is 0.350 e. The Labute approximate surface area is 188 Å². The second-order valence-corrected chi connectivity index (χ2v) is 10.4.